The highest BCUT2D eigenvalue weighted by atomic mass is 16.2. The van der Waals surface area contributed by atoms with Crippen molar-refractivity contribution >= 4 is 29.8 Å². The average Bonchev–Trinajstić information content (AvgIpc) is 3.19. The van der Waals surface area contributed by atoms with E-state index in [1.807, 2.05) is 6.92 Å². The monoisotopic (exact) mass is 378 g/mol. The zero-order valence-corrected chi connectivity index (χ0v) is 15.5. The largest absolute Gasteiger partial charge is 0.335 e. The highest BCUT2D eigenvalue weighted by molar-refractivity contribution is 6.45. The van der Waals surface area contributed by atoms with Crippen LogP contribution in [0.4, 0.5) is 9.59 Å². The number of rotatable bonds is 4. The maximum absolute atomic E-state index is 12.6. The van der Waals surface area contributed by atoms with E-state index in [9.17, 15) is 24.0 Å². The molecule has 0 aromatic rings. The van der Waals surface area contributed by atoms with Gasteiger partial charge >= 0.3 is 23.9 Å². The van der Waals surface area contributed by atoms with Gasteiger partial charge in [-0.1, -0.05) is 32.6 Å². The van der Waals surface area contributed by atoms with Crippen LogP contribution >= 0.6 is 0 Å². The van der Waals surface area contributed by atoms with Gasteiger partial charge in [0, 0.05) is 12.1 Å². The second kappa shape index (κ2) is 8.06. The summed E-state index contributed by atoms with van der Waals surface area (Å²) < 4.78 is 0. The van der Waals surface area contributed by atoms with Gasteiger partial charge in [0.2, 0.25) is 5.91 Å². The summed E-state index contributed by atoms with van der Waals surface area (Å²) in [6.45, 7) is 1.32. The average molecular weight is 378 g/mol. The van der Waals surface area contributed by atoms with Crippen LogP contribution in [-0.2, 0) is 14.4 Å². The molecule has 0 radical (unpaired) electrons. The maximum Gasteiger partial charge on any atom is 0.334 e. The molecule has 1 saturated heterocycles. The van der Waals surface area contributed by atoms with Crippen LogP contribution < -0.4 is 10.6 Å². The van der Waals surface area contributed by atoms with Crippen LogP contribution in [0.15, 0.2) is 0 Å². The van der Waals surface area contributed by atoms with Gasteiger partial charge in [0.1, 0.15) is 6.54 Å². The molecule has 2 aliphatic carbocycles. The molecule has 3 aliphatic rings. The molecule has 9 heteroatoms. The van der Waals surface area contributed by atoms with E-state index in [-0.39, 0.29) is 18.0 Å². The van der Waals surface area contributed by atoms with E-state index in [0.717, 1.165) is 49.8 Å². The second-order valence-corrected chi connectivity index (χ2v) is 7.68. The molecule has 3 fully saturated rings. The molecule has 0 aromatic carbocycles. The SMILES string of the molecule is C[C@H]1CCCC[C@@H]1N1C(=O)C(=O)N(CC(=O)NC(=O)NC2CCCC2)C1=O. The number of hydrogen-bond acceptors (Lipinski definition) is 5. The van der Waals surface area contributed by atoms with Crippen LogP contribution in [0, 0.1) is 5.92 Å². The Morgan fingerprint density at radius 3 is 2.26 bits per heavy atom. The Kier molecular flexibility index (Phi) is 5.76. The number of nitrogens with zero attached hydrogens (tertiary/aromatic N) is 2. The third-order valence-corrected chi connectivity index (χ3v) is 5.73. The lowest BCUT2D eigenvalue weighted by molar-refractivity contribution is -0.145. The molecule has 7 amide bonds. The van der Waals surface area contributed by atoms with E-state index >= 15 is 0 Å². The Bertz CT molecular complexity index is 658. The van der Waals surface area contributed by atoms with Crippen LogP contribution in [0.25, 0.3) is 0 Å². The quantitative estimate of drug-likeness (QED) is 0.562. The van der Waals surface area contributed by atoms with Crippen LogP contribution in [-0.4, -0.2) is 58.2 Å². The third kappa shape index (κ3) is 4.12. The topological polar surface area (TPSA) is 116 Å². The summed E-state index contributed by atoms with van der Waals surface area (Å²) in [5.74, 6) is -2.57. The minimum atomic E-state index is -1.01. The fourth-order valence-electron chi connectivity index (χ4n) is 4.24. The summed E-state index contributed by atoms with van der Waals surface area (Å²) >= 11 is 0. The molecule has 3 rings (SSSR count). The van der Waals surface area contributed by atoms with Crippen molar-refractivity contribution in [2.75, 3.05) is 6.54 Å². The van der Waals surface area contributed by atoms with E-state index in [1.165, 1.54) is 0 Å². The van der Waals surface area contributed by atoms with Crippen molar-refractivity contribution in [3.63, 3.8) is 0 Å². The van der Waals surface area contributed by atoms with Gasteiger partial charge in [0.25, 0.3) is 0 Å². The summed E-state index contributed by atoms with van der Waals surface area (Å²) in [5.41, 5.74) is 0. The lowest BCUT2D eigenvalue weighted by Gasteiger charge is -2.34. The standard InChI is InChI=1S/C18H26N4O5/c1-11-6-2-5-9-13(11)22-16(25)15(24)21(18(22)27)10-14(23)20-17(26)19-12-7-3-4-8-12/h11-13H,2-10H2,1H3,(H2,19,20,23,26)/t11-,13-/m0/s1. The first-order valence-corrected chi connectivity index (χ1v) is 9.68. The van der Waals surface area contributed by atoms with E-state index in [4.69, 9.17) is 0 Å². The fourth-order valence-corrected chi connectivity index (χ4v) is 4.24. The predicted molar refractivity (Wildman–Crippen MR) is 94.3 cm³/mol. The predicted octanol–water partition coefficient (Wildman–Crippen LogP) is 1.12. The first kappa shape index (κ1) is 19.3. The number of imide groups is 3. The van der Waals surface area contributed by atoms with Crippen molar-refractivity contribution in [2.24, 2.45) is 5.92 Å². The first-order valence-electron chi connectivity index (χ1n) is 9.68. The van der Waals surface area contributed by atoms with Gasteiger partial charge in [0.05, 0.1) is 0 Å². The highest BCUT2D eigenvalue weighted by Gasteiger charge is 2.49. The molecule has 9 nitrogen and oxygen atoms in total. The smallest absolute Gasteiger partial charge is 0.334 e. The minimum absolute atomic E-state index is 0.0395. The summed E-state index contributed by atoms with van der Waals surface area (Å²) in [5, 5.41) is 4.82. The molecule has 2 atom stereocenters. The van der Waals surface area contributed by atoms with Crippen molar-refractivity contribution < 1.29 is 24.0 Å². The summed E-state index contributed by atoms with van der Waals surface area (Å²) in [6, 6.07) is -1.69. The van der Waals surface area contributed by atoms with Crippen molar-refractivity contribution in [1.82, 2.24) is 20.4 Å². The first-order chi connectivity index (χ1) is 12.9. The maximum atomic E-state index is 12.6. The highest BCUT2D eigenvalue weighted by Crippen LogP contribution is 2.31. The molecule has 148 valence electrons. The van der Waals surface area contributed by atoms with Crippen molar-refractivity contribution in [3.05, 3.63) is 0 Å². The van der Waals surface area contributed by atoms with Gasteiger partial charge in [-0.3, -0.25) is 24.6 Å². The molecule has 2 N–H and O–H groups in total. The van der Waals surface area contributed by atoms with Crippen LogP contribution in [0.2, 0.25) is 0 Å². The van der Waals surface area contributed by atoms with Crippen LogP contribution in [0.1, 0.15) is 58.3 Å². The van der Waals surface area contributed by atoms with Crippen LogP contribution in [0.5, 0.6) is 0 Å². The Morgan fingerprint density at radius 2 is 1.59 bits per heavy atom. The molecule has 27 heavy (non-hydrogen) atoms. The lowest BCUT2D eigenvalue weighted by atomic mass is 9.85. The molecule has 0 aromatic heterocycles. The van der Waals surface area contributed by atoms with Gasteiger partial charge in [-0.15, -0.1) is 0 Å². The molecule has 1 heterocycles. The zero-order valence-electron chi connectivity index (χ0n) is 15.5. The molecular weight excluding hydrogens is 352 g/mol. The molecular formula is C18H26N4O5. The number of carbonyl (C=O) groups is 5. The van der Waals surface area contributed by atoms with E-state index in [2.05, 4.69) is 10.6 Å². The lowest BCUT2D eigenvalue weighted by Crippen LogP contribution is -2.49. The number of urea groups is 2. The number of nitrogens with one attached hydrogen (secondary N) is 2. The van der Waals surface area contributed by atoms with Gasteiger partial charge < -0.3 is 5.32 Å². The van der Waals surface area contributed by atoms with Gasteiger partial charge in [-0.05, 0) is 31.6 Å². The Morgan fingerprint density at radius 1 is 0.963 bits per heavy atom. The molecule has 2 saturated carbocycles. The van der Waals surface area contributed by atoms with E-state index < -0.39 is 36.3 Å². The molecule has 0 bridgehead atoms. The summed E-state index contributed by atoms with van der Waals surface area (Å²) in [4.78, 5) is 62.7. The molecule has 0 spiro atoms. The summed E-state index contributed by atoms with van der Waals surface area (Å²) in [7, 11) is 0. The minimum Gasteiger partial charge on any atom is -0.335 e. The Balaban J connectivity index is 1.58. The Hall–Kier alpha value is -2.45. The van der Waals surface area contributed by atoms with Crippen molar-refractivity contribution in [2.45, 2.75) is 70.4 Å². The fraction of sp³-hybridized carbons (Fsp3) is 0.722. The zero-order chi connectivity index (χ0) is 19.6. The van der Waals surface area contributed by atoms with Crippen molar-refractivity contribution in [1.29, 1.82) is 0 Å². The normalized spacial score (nSPS) is 26.6. The molecule has 0 unspecified atom stereocenters. The number of carbonyl (C=O) groups excluding carboxylic acids is 5. The van der Waals surface area contributed by atoms with Crippen LogP contribution in [0.3, 0.4) is 0 Å². The van der Waals surface area contributed by atoms with Gasteiger partial charge in [-0.2, -0.15) is 0 Å². The van der Waals surface area contributed by atoms with Gasteiger partial charge in [0.15, 0.2) is 0 Å². The molecule has 1 aliphatic heterocycles. The summed E-state index contributed by atoms with van der Waals surface area (Å²) in [6.07, 6.45) is 7.28. The number of hydrogen-bond donors (Lipinski definition) is 2. The third-order valence-electron chi connectivity index (χ3n) is 5.73. The van der Waals surface area contributed by atoms with E-state index in [1.54, 1.807) is 0 Å². The number of amides is 7. The Labute approximate surface area is 157 Å². The van der Waals surface area contributed by atoms with Crippen molar-refractivity contribution in [3.8, 4) is 0 Å². The second-order valence-electron chi connectivity index (χ2n) is 7.68. The van der Waals surface area contributed by atoms with E-state index in [0.29, 0.717) is 11.3 Å². The van der Waals surface area contributed by atoms with Gasteiger partial charge in [-0.25, -0.2) is 14.5 Å².